The van der Waals surface area contributed by atoms with Crippen molar-refractivity contribution in [3.63, 3.8) is 0 Å². The molecular weight excluding hydrogens is 420 g/mol. The molecule has 7 heteroatoms. The summed E-state index contributed by atoms with van der Waals surface area (Å²) in [6.07, 6.45) is 2.10. The number of benzene rings is 2. The topological polar surface area (TPSA) is 105 Å². The van der Waals surface area contributed by atoms with E-state index in [1.165, 1.54) is 6.08 Å². The van der Waals surface area contributed by atoms with Crippen LogP contribution in [0.1, 0.15) is 49.7 Å². The third-order valence-corrected chi connectivity index (χ3v) is 5.76. The van der Waals surface area contributed by atoms with Crippen molar-refractivity contribution in [2.24, 2.45) is 0 Å². The minimum absolute atomic E-state index is 0.0840. The molecule has 0 bridgehead atoms. The SMILES string of the molecule is C=CCC(NC(=O)OCC1c2ccccc2-c2ccccc21)C(=O)NC(CCC)CC(=O)O. The smallest absolute Gasteiger partial charge is 0.407 e. The van der Waals surface area contributed by atoms with Crippen LogP contribution in [-0.2, 0) is 14.3 Å². The number of rotatable bonds is 11. The van der Waals surface area contributed by atoms with Crippen LogP contribution in [0.4, 0.5) is 4.79 Å². The molecule has 3 rings (SSSR count). The highest BCUT2D eigenvalue weighted by Gasteiger charge is 2.30. The fraction of sp³-hybridized carbons (Fsp3) is 0.346. The van der Waals surface area contributed by atoms with Gasteiger partial charge in [-0.25, -0.2) is 4.79 Å². The quantitative estimate of drug-likeness (QED) is 0.445. The van der Waals surface area contributed by atoms with Gasteiger partial charge in [-0.15, -0.1) is 6.58 Å². The number of alkyl carbamates (subject to hydrolysis) is 1. The fourth-order valence-corrected chi connectivity index (χ4v) is 4.27. The highest BCUT2D eigenvalue weighted by atomic mass is 16.5. The van der Waals surface area contributed by atoms with Crippen molar-refractivity contribution >= 4 is 18.0 Å². The van der Waals surface area contributed by atoms with Gasteiger partial charge in [0.15, 0.2) is 0 Å². The highest BCUT2D eigenvalue weighted by Crippen LogP contribution is 2.44. The van der Waals surface area contributed by atoms with Crippen LogP contribution in [0.5, 0.6) is 0 Å². The minimum atomic E-state index is -0.987. The highest BCUT2D eigenvalue weighted by molar-refractivity contribution is 5.86. The van der Waals surface area contributed by atoms with Gasteiger partial charge in [0.05, 0.1) is 6.42 Å². The van der Waals surface area contributed by atoms with Crippen molar-refractivity contribution in [1.82, 2.24) is 10.6 Å². The zero-order valence-electron chi connectivity index (χ0n) is 18.8. The molecule has 2 aromatic carbocycles. The number of hydrogen-bond acceptors (Lipinski definition) is 4. The molecule has 1 aliphatic rings. The van der Waals surface area contributed by atoms with Crippen LogP contribution >= 0.6 is 0 Å². The van der Waals surface area contributed by atoms with E-state index in [9.17, 15) is 14.4 Å². The number of fused-ring (bicyclic) bond motifs is 3. The number of carbonyl (C=O) groups excluding carboxylic acids is 2. The molecule has 2 aromatic rings. The Hall–Kier alpha value is -3.61. The number of nitrogens with one attached hydrogen (secondary N) is 2. The van der Waals surface area contributed by atoms with Gasteiger partial charge in [0.1, 0.15) is 12.6 Å². The summed E-state index contributed by atoms with van der Waals surface area (Å²) in [5.74, 6) is -1.53. The first-order chi connectivity index (χ1) is 15.9. The van der Waals surface area contributed by atoms with Gasteiger partial charge in [0, 0.05) is 12.0 Å². The number of amides is 2. The van der Waals surface area contributed by atoms with E-state index in [0.717, 1.165) is 28.7 Å². The van der Waals surface area contributed by atoms with E-state index in [0.29, 0.717) is 6.42 Å². The van der Waals surface area contributed by atoms with Gasteiger partial charge in [-0.05, 0) is 35.1 Å². The Morgan fingerprint density at radius 3 is 2.21 bits per heavy atom. The molecule has 0 saturated heterocycles. The lowest BCUT2D eigenvalue weighted by molar-refractivity contribution is -0.137. The zero-order valence-corrected chi connectivity index (χ0v) is 18.8. The maximum atomic E-state index is 12.7. The summed E-state index contributed by atoms with van der Waals surface area (Å²) >= 11 is 0. The predicted octanol–water partition coefficient (Wildman–Crippen LogP) is 4.23. The first-order valence-electron chi connectivity index (χ1n) is 11.2. The predicted molar refractivity (Wildman–Crippen MR) is 126 cm³/mol. The van der Waals surface area contributed by atoms with E-state index in [1.807, 2.05) is 43.3 Å². The maximum Gasteiger partial charge on any atom is 0.407 e. The second kappa shape index (κ2) is 11.3. The Balaban J connectivity index is 1.63. The summed E-state index contributed by atoms with van der Waals surface area (Å²) in [7, 11) is 0. The maximum absolute atomic E-state index is 12.7. The van der Waals surface area contributed by atoms with E-state index in [2.05, 4.69) is 29.3 Å². The van der Waals surface area contributed by atoms with E-state index < -0.39 is 30.1 Å². The Bertz CT molecular complexity index is 974. The Morgan fingerprint density at radius 2 is 1.67 bits per heavy atom. The molecular formula is C26H30N2O5. The summed E-state index contributed by atoms with van der Waals surface area (Å²) in [4.78, 5) is 36.3. The van der Waals surface area contributed by atoms with Crippen LogP contribution in [0.15, 0.2) is 61.2 Å². The van der Waals surface area contributed by atoms with Gasteiger partial charge >= 0.3 is 12.1 Å². The van der Waals surface area contributed by atoms with Crippen molar-refractivity contribution in [2.45, 2.75) is 50.6 Å². The molecule has 0 aromatic heterocycles. The summed E-state index contributed by atoms with van der Waals surface area (Å²) < 4.78 is 5.53. The second-order valence-electron chi connectivity index (χ2n) is 8.14. The number of carboxylic acid groups (broad SMARTS) is 1. The van der Waals surface area contributed by atoms with Crippen molar-refractivity contribution < 1.29 is 24.2 Å². The summed E-state index contributed by atoms with van der Waals surface area (Å²) in [6, 6.07) is 14.7. The lowest BCUT2D eigenvalue weighted by Crippen LogP contribution is -2.50. The van der Waals surface area contributed by atoms with E-state index >= 15 is 0 Å². The van der Waals surface area contributed by atoms with Crippen LogP contribution in [0.2, 0.25) is 0 Å². The van der Waals surface area contributed by atoms with Crippen LogP contribution in [-0.4, -0.2) is 41.8 Å². The Kier molecular flexibility index (Phi) is 8.24. The number of carbonyl (C=O) groups is 3. The molecule has 33 heavy (non-hydrogen) atoms. The third kappa shape index (κ3) is 6.00. The van der Waals surface area contributed by atoms with E-state index in [4.69, 9.17) is 9.84 Å². The first kappa shape index (κ1) is 24.0. The summed E-state index contributed by atoms with van der Waals surface area (Å²) in [5, 5.41) is 14.4. The van der Waals surface area contributed by atoms with Crippen molar-refractivity contribution in [1.29, 1.82) is 0 Å². The van der Waals surface area contributed by atoms with Gasteiger partial charge in [0.2, 0.25) is 5.91 Å². The van der Waals surface area contributed by atoms with Gasteiger partial charge in [-0.3, -0.25) is 9.59 Å². The summed E-state index contributed by atoms with van der Waals surface area (Å²) in [5.41, 5.74) is 4.46. The molecule has 1 aliphatic carbocycles. The number of hydrogen-bond donors (Lipinski definition) is 3. The third-order valence-electron chi connectivity index (χ3n) is 5.76. The molecule has 3 N–H and O–H groups in total. The molecule has 0 fully saturated rings. The average molecular weight is 451 g/mol. The Labute approximate surface area is 193 Å². The van der Waals surface area contributed by atoms with Gasteiger partial charge in [-0.1, -0.05) is 68.0 Å². The molecule has 0 heterocycles. The van der Waals surface area contributed by atoms with Crippen LogP contribution in [0.25, 0.3) is 11.1 Å². The van der Waals surface area contributed by atoms with Crippen molar-refractivity contribution in [3.8, 4) is 11.1 Å². The second-order valence-corrected chi connectivity index (χ2v) is 8.14. The average Bonchev–Trinajstić information content (AvgIpc) is 3.11. The van der Waals surface area contributed by atoms with E-state index in [1.54, 1.807) is 0 Å². The van der Waals surface area contributed by atoms with Crippen molar-refractivity contribution in [2.75, 3.05) is 6.61 Å². The molecule has 0 radical (unpaired) electrons. The van der Waals surface area contributed by atoms with E-state index in [-0.39, 0.29) is 25.4 Å². The summed E-state index contributed by atoms with van der Waals surface area (Å²) in [6.45, 7) is 5.70. The lowest BCUT2D eigenvalue weighted by Gasteiger charge is -2.22. The Morgan fingerprint density at radius 1 is 1.06 bits per heavy atom. The minimum Gasteiger partial charge on any atom is -0.481 e. The molecule has 174 valence electrons. The largest absolute Gasteiger partial charge is 0.481 e. The van der Waals surface area contributed by atoms with Crippen LogP contribution in [0.3, 0.4) is 0 Å². The molecule has 0 spiro atoms. The standard InChI is InChI=1S/C26H30N2O5/c1-3-9-17(15-24(29)30)27-25(31)23(10-4-2)28-26(32)33-16-22-20-13-7-5-11-18(20)19-12-6-8-14-21(19)22/h4-8,11-14,17,22-23H,2-3,9-10,15-16H2,1H3,(H,27,31)(H,28,32)(H,29,30). The van der Waals surface area contributed by atoms with Gasteiger partial charge in [0.25, 0.3) is 0 Å². The molecule has 2 unspecified atom stereocenters. The van der Waals surface area contributed by atoms with Crippen LogP contribution in [0, 0.1) is 0 Å². The van der Waals surface area contributed by atoms with Crippen molar-refractivity contribution in [3.05, 3.63) is 72.3 Å². The first-order valence-corrected chi connectivity index (χ1v) is 11.2. The number of carboxylic acids is 1. The number of aliphatic carboxylic acids is 1. The fourth-order valence-electron chi connectivity index (χ4n) is 4.27. The monoisotopic (exact) mass is 450 g/mol. The molecule has 0 saturated carbocycles. The lowest BCUT2D eigenvalue weighted by atomic mass is 9.98. The molecule has 7 nitrogen and oxygen atoms in total. The zero-order chi connectivity index (χ0) is 23.8. The molecule has 0 aliphatic heterocycles. The van der Waals surface area contributed by atoms with Crippen LogP contribution < -0.4 is 10.6 Å². The molecule has 2 atom stereocenters. The molecule has 2 amide bonds. The van der Waals surface area contributed by atoms with Gasteiger partial charge < -0.3 is 20.5 Å². The number of ether oxygens (including phenoxy) is 1. The normalized spacial score (nSPS) is 13.8. The van der Waals surface area contributed by atoms with Gasteiger partial charge in [-0.2, -0.15) is 0 Å².